The molecule has 0 aliphatic heterocycles. The molecule has 1 fully saturated rings. The summed E-state index contributed by atoms with van der Waals surface area (Å²) in [5, 5.41) is 12.6. The van der Waals surface area contributed by atoms with E-state index in [4.69, 9.17) is 4.74 Å². The van der Waals surface area contributed by atoms with Crippen molar-refractivity contribution < 1.29 is 23.1 Å². The van der Waals surface area contributed by atoms with E-state index < -0.39 is 29.9 Å². The Hall–Kier alpha value is -4.64. The van der Waals surface area contributed by atoms with Gasteiger partial charge in [-0.05, 0) is 75.2 Å². The van der Waals surface area contributed by atoms with E-state index in [0.29, 0.717) is 17.2 Å². The molecule has 206 valence electrons. The van der Waals surface area contributed by atoms with E-state index in [9.17, 15) is 18.4 Å². The van der Waals surface area contributed by atoms with Crippen LogP contribution in [0.3, 0.4) is 0 Å². The highest BCUT2D eigenvalue weighted by Gasteiger charge is 2.18. The Morgan fingerprint density at radius 2 is 1.73 bits per heavy atom. The SMILES string of the molecule is CNC1CCC(=Cc2ccn3ncnc(Oc4ccc(NC(=O)CC(=O)Nc5ccc(F)cc5)cc4F)c23)CC1. The van der Waals surface area contributed by atoms with Gasteiger partial charge in [-0.1, -0.05) is 11.6 Å². The zero-order chi connectivity index (χ0) is 28.1. The van der Waals surface area contributed by atoms with Crippen molar-refractivity contribution in [2.45, 2.75) is 38.1 Å². The molecule has 0 atom stereocenters. The van der Waals surface area contributed by atoms with Gasteiger partial charge in [0.05, 0.1) is 0 Å². The molecule has 0 spiro atoms. The van der Waals surface area contributed by atoms with Gasteiger partial charge in [-0.25, -0.2) is 13.3 Å². The van der Waals surface area contributed by atoms with E-state index in [1.54, 1.807) is 10.7 Å². The molecule has 9 nitrogen and oxygen atoms in total. The van der Waals surface area contributed by atoms with Gasteiger partial charge in [0.1, 0.15) is 24.1 Å². The second kappa shape index (κ2) is 12.0. The fourth-order valence-corrected chi connectivity index (χ4v) is 4.64. The number of amides is 2. The van der Waals surface area contributed by atoms with Crippen LogP contribution in [0, 0.1) is 11.6 Å². The summed E-state index contributed by atoms with van der Waals surface area (Å²) in [5.74, 6) is -2.28. The molecule has 2 aromatic carbocycles. The number of rotatable bonds is 8. The maximum Gasteiger partial charge on any atom is 0.247 e. The van der Waals surface area contributed by atoms with Crippen LogP contribution < -0.4 is 20.7 Å². The van der Waals surface area contributed by atoms with Crippen LogP contribution in [0.2, 0.25) is 0 Å². The van der Waals surface area contributed by atoms with Crippen LogP contribution in [0.1, 0.15) is 37.7 Å². The van der Waals surface area contributed by atoms with Crippen LogP contribution in [0.4, 0.5) is 20.2 Å². The average molecular weight is 547 g/mol. The van der Waals surface area contributed by atoms with Gasteiger partial charge in [0.15, 0.2) is 11.6 Å². The number of allylic oxidation sites excluding steroid dienone is 1. The molecule has 2 aromatic heterocycles. The molecular weight excluding hydrogens is 518 g/mol. The van der Waals surface area contributed by atoms with Crippen molar-refractivity contribution in [2.75, 3.05) is 17.7 Å². The first-order valence-electron chi connectivity index (χ1n) is 12.9. The van der Waals surface area contributed by atoms with Crippen LogP contribution in [0.5, 0.6) is 11.6 Å². The van der Waals surface area contributed by atoms with Crippen LogP contribution >= 0.6 is 0 Å². The Morgan fingerprint density at radius 3 is 2.42 bits per heavy atom. The molecular formula is C29H28F2N6O3. The minimum absolute atomic E-state index is 0.0815. The first-order chi connectivity index (χ1) is 19.4. The molecule has 0 unspecified atom stereocenters. The highest BCUT2D eigenvalue weighted by molar-refractivity contribution is 6.08. The summed E-state index contributed by atoms with van der Waals surface area (Å²) in [7, 11) is 1.98. The minimum atomic E-state index is -0.720. The topological polar surface area (TPSA) is 110 Å². The van der Waals surface area contributed by atoms with Gasteiger partial charge in [-0.3, -0.25) is 9.59 Å². The normalized spacial score (nSPS) is 15.1. The Kier molecular flexibility index (Phi) is 8.11. The molecule has 4 aromatic rings. The van der Waals surface area contributed by atoms with E-state index in [0.717, 1.165) is 37.3 Å². The Morgan fingerprint density at radius 1 is 1.02 bits per heavy atom. The summed E-state index contributed by atoms with van der Waals surface area (Å²) in [5.41, 5.74) is 3.34. The number of aromatic nitrogens is 3. The molecule has 11 heteroatoms. The molecule has 1 saturated carbocycles. The number of anilines is 2. The zero-order valence-electron chi connectivity index (χ0n) is 21.8. The summed E-state index contributed by atoms with van der Waals surface area (Å²) in [4.78, 5) is 28.6. The van der Waals surface area contributed by atoms with E-state index in [-0.39, 0.29) is 17.3 Å². The van der Waals surface area contributed by atoms with Crippen LogP contribution in [-0.4, -0.2) is 39.5 Å². The second-order valence-corrected chi connectivity index (χ2v) is 9.52. The smallest absolute Gasteiger partial charge is 0.247 e. The molecule has 2 heterocycles. The van der Waals surface area contributed by atoms with Crippen LogP contribution in [0.15, 0.2) is 66.6 Å². The lowest BCUT2D eigenvalue weighted by Gasteiger charge is -2.23. The molecule has 0 saturated heterocycles. The first-order valence-corrected chi connectivity index (χ1v) is 12.9. The van der Waals surface area contributed by atoms with Gasteiger partial charge in [0, 0.05) is 35.2 Å². The largest absolute Gasteiger partial charge is 0.434 e. The lowest BCUT2D eigenvalue weighted by Crippen LogP contribution is -2.27. The van der Waals surface area contributed by atoms with Gasteiger partial charge in [-0.2, -0.15) is 10.1 Å². The van der Waals surface area contributed by atoms with Crippen molar-refractivity contribution >= 4 is 34.8 Å². The van der Waals surface area contributed by atoms with E-state index in [2.05, 4.69) is 32.1 Å². The van der Waals surface area contributed by atoms with Crippen molar-refractivity contribution in [2.24, 2.45) is 0 Å². The number of nitrogens with one attached hydrogen (secondary N) is 3. The molecule has 40 heavy (non-hydrogen) atoms. The third kappa shape index (κ3) is 6.49. The third-order valence-corrected chi connectivity index (χ3v) is 6.72. The van der Waals surface area contributed by atoms with Gasteiger partial charge < -0.3 is 20.7 Å². The predicted molar refractivity (Wildman–Crippen MR) is 147 cm³/mol. The van der Waals surface area contributed by atoms with E-state index in [1.165, 1.54) is 48.3 Å². The highest BCUT2D eigenvalue weighted by atomic mass is 19.1. The van der Waals surface area contributed by atoms with Gasteiger partial charge >= 0.3 is 0 Å². The van der Waals surface area contributed by atoms with Crippen LogP contribution in [-0.2, 0) is 9.59 Å². The fraction of sp³-hybridized carbons (Fsp3) is 0.241. The third-order valence-electron chi connectivity index (χ3n) is 6.72. The number of benzene rings is 2. The van der Waals surface area contributed by atoms with E-state index >= 15 is 0 Å². The predicted octanol–water partition coefficient (Wildman–Crippen LogP) is 5.31. The second-order valence-electron chi connectivity index (χ2n) is 9.52. The Labute approximate surface area is 229 Å². The fourth-order valence-electron chi connectivity index (χ4n) is 4.64. The van der Waals surface area contributed by atoms with Gasteiger partial charge in [0.2, 0.25) is 17.7 Å². The Balaban J connectivity index is 1.25. The molecule has 0 radical (unpaired) electrons. The van der Waals surface area contributed by atoms with E-state index in [1.807, 2.05) is 13.1 Å². The van der Waals surface area contributed by atoms with Crippen molar-refractivity contribution in [3.05, 3.63) is 83.8 Å². The number of hydrogen-bond acceptors (Lipinski definition) is 6. The summed E-state index contributed by atoms with van der Waals surface area (Å²) >= 11 is 0. The lowest BCUT2D eigenvalue weighted by molar-refractivity contribution is -0.123. The monoisotopic (exact) mass is 546 g/mol. The molecule has 5 rings (SSSR count). The minimum Gasteiger partial charge on any atom is -0.434 e. The number of carbonyl (C=O) groups excluding carboxylic acids is 2. The number of halogens is 2. The van der Waals surface area contributed by atoms with Crippen LogP contribution in [0.25, 0.3) is 11.6 Å². The number of ether oxygens (including phenoxy) is 1. The average Bonchev–Trinajstić information content (AvgIpc) is 3.35. The number of hydrogen-bond donors (Lipinski definition) is 3. The quantitative estimate of drug-likeness (QED) is 0.258. The molecule has 3 N–H and O–H groups in total. The number of carbonyl (C=O) groups is 2. The standard InChI is InChI=1S/C29H28F2N6O3/c1-32-21-6-2-18(3-7-21)14-19-12-13-37-28(19)29(33-17-34-37)40-25-11-10-23(15-24(25)31)36-27(39)16-26(38)35-22-8-4-20(30)5-9-22/h4-5,8-15,17,21,32H,2-3,6-7,16H2,1H3,(H,35,38)(H,36,39). The number of fused-ring (bicyclic) bond motifs is 1. The Bertz CT molecular complexity index is 1560. The summed E-state index contributed by atoms with van der Waals surface area (Å²) in [6, 6.07) is 11.6. The summed E-state index contributed by atoms with van der Waals surface area (Å²) in [6.07, 6.45) is 8.88. The molecule has 1 aliphatic carbocycles. The maximum atomic E-state index is 15.0. The van der Waals surface area contributed by atoms with Crippen molar-refractivity contribution in [1.82, 2.24) is 19.9 Å². The summed E-state index contributed by atoms with van der Waals surface area (Å²) < 4.78 is 35.5. The zero-order valence-corrected chi connectivity index (χ0v) is 21.8. The lowest BCUT2D eigenvalue weighted by atomic mass is 9.90. The first kappa shape index (κ1) is 26.9. The maximum absolute atomic E-state index is 15.0. The molecule has 0 bridgehead atoms. The van der Waals surface area contributed by atoms with Crippen molar-refractivity contribution in [3.8, 4) is 11.6 Å². The van der Waals surface area contributed by atoms with Crippen molar-refractivity contribution in [3.63, 3.8) is 0 Å². The number of nitrogens with zero attached hydrogens (tertiary/aromatic N) is 3. The molecule has 1 aliphatic rings. The van der Waals surface area contributed by atoms with Gasteiger partial charge in [-0.15, -0.1) is 0 Å². The summed E-state index contributed by atoms with van der Waals surface area (Å²) in [6.45, 7) is 0. The molecule has 2 amide bonds. The highest BCUT2D eigenvalue weighted by Crippen LogP contribution is 2.32. The van der Waals surface area contributed by atoms with Gasteiger partial charge in [0.25, 0.3) is 0 Å². The van der Waals surface area contributed by atoms with Crippen molar-refractivity contribution in [1.29, 1.82) is 0 Å².